The number of nitrogens with zero attached hydrogens (tertiary/aromatic N) is 5. The van der Waals surface area contributed by atoms with Gasteiger partial charge in [0, 0.05) is 37.7 Å². The Morgan fingerprint density at radius 1 is 0.742 bits per heavy atom. The molecule has 0 saturated carbocycles. The molecule has 10 nitrogen and oxygen atoms in total. The zero-order chi connectivity index (χ0) is 20.3. The molecule has 5 aromatic heterocycles. The molecule has 0 aliphatic rings. The number of aromatic nitrogens is 5. The van der Waals surface area contributed by atoms with Crippen LogP contribution in [0.5, 0.6) is 0 Å². The second kappa shape index (κ2) is 9.43. The first-order chi connectivity index (χ1) is 14.8. The molecular weight excluding hydrogens is 628 g/mol. The molecule has 0 amide bonds. The largest absolute Gasteiger partial charge is 0.548 e. The molecule has 5 rings (SSSR count). The van der Waals surface area contributed by atoms with Gasteiger partial charge in [-0.1, -0.05) is 6.07 Å². The molecule has 5 aromatic rings. The fourth-order valence-electron chi connectivity index (χ4n) is 2.76. The zero-order valence-corrected chi connectivity index (χ0v) is 20.1. The minimum absolute atomic E-state index is 0. The summed E-state index contributed by atoms with van der Waals surface area (Å²) in [5, 5.41) is 8.92. The predicted molar refractivity (Wildman–Crippen MR) is 100 cm³/mol. The molecule has 0 aliphatic heterocycles. The predicted octanol–water partition coefficient (Wildman–Crippen LogP) is 3.43. The number of oxazole rings is 4. The molecule has 0 radical (unpaired) electrons. The van der Waals surface area contributed by atoms with Crippen molar-refractivity contribution in [3.05, 3.63) is 55.1 Å². The van der Waals surface area contributed by atoms with Crippen molar-refractivity contribution in [2.45, 2.75) is 12.8 Å². The van der Waals surface area contributed by atoms with Crippen LogP contribution in [0, 0.1) is 37.3 Å². The van der Waals surface area contributed by atoms with Crippen molar-refractivity contribution in [2.75, 3.05) is 6.61 Å². The van der Waals surface area contributed by atoms with Crippen LogP contribution in [0.2, 0.25) is 0 Å². The van der Waals surface area contributed by atoms with Crippen LogP contribution in [0.3, 0.4) is 0 Å². The fraction of sp³-hybridized carbons (Fsp3) is 0.150. The van der Waals surface area contributed by atoms with E-state index in [0.29, 0.717) is 59.2 Å². The number of hydrogen-bond acceptors (Lipinski definition) is 10. The SMILES string of the molecule is OCCCc1coc(-c2coc(-c3cccc(-c4nc(-c5n[c-]co5)co4)n3)n2)n1.[U]. The van der Waals surface area contributed by atoms with Crippen molar-refractivity contribution in [3.8, 4) is 46.3 Å². The Morgan fingerprint density at radius 2 is 1.39 bits per heavy atom. The van der Waals surface area contributed by atoms with Gasteiger partial charge in [-0.15, -0.1) is 6.20 Å². The van der Waals surface area contributed by atoms with Crippen LogP contribution in [-0.2, 0) is 6.42 Å². The van der Waals surface area contributed by atoms with E-state index >= 15 is 0 Å². The molecule has 0 bridgehead atoms. The second-order valence-electron chi connectivity index (χ2n) is 6.24. The van der Waals surface area contributed by atoms with Crippen molar-refractivity contribution in [1.82, 2.24) is 24.9 Å². The summed E-state index contributed by atoms with van der Waals surface area (Å²) in [7, 11) is 0. The van der Waals surface area contributed by atoms with Gasteiger partial charge in [0.05, 0.1) is 17.3 Å². The first-order valence-corrected chi connectivity index (χ1v) is 9.06. The molecule has 0 unspecified atom stereocenters. The third-order valence-electron chi connectivity index (χ3n) is 4.17. The van der Waals surface area contributed by atoms with Gasteiger partial charge in [0.1, 0.15) is 30.2 Å². The summed E-state index contributed by atoms with van der Waals surface area (Å²) in [5.41, 5.74) is 2.63. The van der Waals surface area contributed by atoms with Gasteiger partial charge in [0.25, 0.3) is 0 Å². The van der Waals surface area contributed by atoms with Gasteiger partial charge >= 0.3 is 0 Å². The van der Waals surface area contributed by atoms with Crippen LogP contribution in [-0.4, -0.2) is 36.6 Å². The van der Waals surface area contributed by atoms with E-state index in [0.717, 1.165) is 5.69 Å². The van der Waals surface area contributed by atoms with E-state index < -0.39 is 0 Å². The number of hydrogen-bond donors (Lipinski definition) is 1. The van der Waals surface area contributed by atoms with Crippen LogP contribution in [0.1, 0.15) is 12.1 Å². The molecule has 5 heterocycles. The average Bonchev–Trinajstić information content (AvgIpc) is 3.57. The van der Waals surface area contributed by atoms with Crippen molar-refractivity contribution >= 4 is 0 Å². The molecule has 1 N–H and O–H groups in total. The molecule has 11 heteroatoms. The van der Waals surface area contributed by atoms with E-state index in [9.17, 15) is 0 Å². The van der Waals surface area contributed by atoms with Crippen molar-refractivity contribution in [2.24, 2.45) is 0 Å². The summed E-state index contributed by atoms with van der Waals surface area (Å²) in [6, 6.07) is 5.31. The number of aliphatic hydroxyl groups is 1. The third-order valence-corrected chi connectivity index (χ3v) is 4.17. The standard InChI is InChI=1S/C20H14N5O5.U/c26-7-2-3-12-9-28-20(22-12)16-11-30-19(25-16)14-5-1-4-13(23-14)18-24-15(10-29-18)17-21-6-8-27-17;/h1,4-5,8-11,26H,2-3,7H2;/q-1;. The summed E-state index contributed by atoms with van der Waals surface area (Å²) in [4.78, 5) is 21.5. The van der Waals surface area contributed by atoms with Crippen LogP contribution in [0.15, 0.2) is 60.9 Å². The first-order valence-electron chi connectivity index (χ1n) is 9.06. The molecule has 0 fully saturated rings. The Balaban J connectivity index is 0.00000231. The maximum atomic E-state index is 8.92. The van der Waals surface area contributed by atoms with E-state index in [2.05, 4.69) is 31.1 Å². The Bertz CT molecular complexity index is 1260. The normalized spacial score (nSPS) is 10.9. The summed E-state index contributed by atoms with van der Waals surface area (Å²) < 4.78 is 21.7. The van der Waals surface area contributed by atoms with Crippen molar-refractivity contribution in [1.29, 1.82) is 0 Å². The second-order valence-corrected chi connectivity index (χ2v) is 6.24. The minimum atomic E-state index is 0. The van der Waals surface area contributed by atoms with Crippen molar-refractivity contribution in [3.63, 3.8) is 0 Å². The maximum Gasteiger partial charge on any atom is 0.248 e. The maximum absolute atomic E-state index is 8.92. The number of aliphatic hydroxyl groups excluding tert-OH is 1. The van der Waals surface area contributed by atoms with Crippen LogP contribution in [0.4, 0.5) is 0 Å². The average molecular weight is 642 g/mol. The monoisotopic (exact) mass is 642 g/mol. The smallest absolute Gasteiger partial charge is 0.248 e. The van der Waals surface area contributed by atoms with Gasteiger partial charge in [-0.3, -0.25) is 0 Å². The Labute approximate surface area is 199 Å². The minimum Gasteiger partial charge on any atom is -0.548 e. The molecule has 0 aliphatic carbocycles. The van der Waals surface area contributed by atoms with Crippen LogP contribution < -0.4 is 0 Å². The van der Waals surface area contributed by atoms with Crippen LogP contribution >= 0.6 is 0 Å². The van der Waals surface area contributed by atoms with Crippen molar-refractivity contribution < 1.29 is 53.9 Å². The number of pyridine rings is 1. The summed E-state index contributed by atoms with van der Waals surface area (Å²) in [6.07, 6.45) is 9.59. The topological polar surface area (TPSA) is 137 Å². The van der Waals surface area contributed by atoms with Gasteiger partial charge < -0.3 is 27.8 Å². The third kappa shape index (κ3) is 4.54. The van der Waals surface area contributed by atoms with Gasteiger partial charge in [0.15, 0.2) is 5.69 Å². The van der Waals surface area contributed by atoms with Gasteiger partial charge in [0.2, 0.25) is 17.7 Å². The Morgan fingerprint density at radius 3 is 2.03 bits per heavy atom. The van der Waals surface area contributed by atoms with E-state index in [1.807, 2.05) is 0 Å². The molecular formula is C20H14N5O5U-. The summed E-state index contributed by atoms with van der Waals surface area (Å²) in [6.45, 7) is 0.0980. The first kappa shape index (κ1) is 21.2. The van der Waals surface area contributed by atoms with Gasteiger partial charge in [-0.05, 0) is 31.2 Å². The molecule has 0 saturated heterocycles. The molecule has 0 spiro atoms. The Hall–Kier alpha value is -3.00. The quantitative estimate of drug-likeness (QED) is 0.263. The van der Waals surface area contributed by atoms with Gasteiger partial charge in [-0.25, -0.2) is 19.9 Å². The molecule has 31 heavy (non-hydrogen) atoms. The van der Waals surface area contributed by atoms with E-state index in [4.69, 9.17) is 22.8 Å². The molecule has 0 atom stereocenters. The summed E-state index contributed by atoms with van der Waals surface area (Å²) >= 11 is 0. The van der Waals surface area contributed by atoms with E-state index in [1.54, 1.807) is 24.5 Å². The number of aryl methyl sites for hydroxylation is 1. The van der Waals surface area contributed by atoms with Crippen LogP contribution in [0.25, 0.3) is 46.3 Å². The molecule has 0 aromatic carbocycles. The molecule has 154 valence electrons. The van der Waals surface area contributed by atoms with Gasteiger partial charge in [-0.2, -0.15) is 0 Å². The van der Waals surface area contributed by atoms with E-state index in [-0.39, 0.29) is 37.7 Å². The fourth-order valence-corrected chi connectivity index (χ4v) is 2.76. The van der Waals surface area contributed by atoms with E-state index in [1.165, 1.54) is 18.8 Å². The summed E-state index contributed by atoms with van der Waals surface area (Å²) in [5.74, 6) is 1.26. The number of rotatable bonds is 7. The Kier molecular flexibility index (Phi) is 6.46. The zero-order valence-electron chi connectivity index (χ0n) is 16.0.